The number of carboxylic acid groups (broad SMARTS) is 1. The zero-order valence-corrected chi connectivity index (χ0v) is 7.92. The number of aromatic carboxylic acids is 1. The number of carbonyl (C=O) groups is 1. The predicted octanol–water partition coefficient (Wildman–Crippen LogP) is 2.63. The summed E-state index contributed by atoms with van der Waals surface area (Å²) in [5, 5.41) is 10.1. The summed E-state index contributed by atoms with van der Waals surface area (Å²) in [6, 6.07) is 1.58. The van der Waals surface area contributed by atoms with Crippen LogP contribution < -0.4 is 0 Å². The third-order valence-electron chi connectivity index (χ3n) is 0.778. The van der Waals surface area contributed by atoms with Gasteiger partial charge in [-0.15, -0.1) is 23.7 Å². The Morgan fingerprint density at radius 1 is 1.70 bits per heavy atom. The van der Waals surface area contributed by atoms with E-state index in [1.165, 1.54) is 11.3 Å². The lowest BCUT2D eigenvalue weighted by atomic mass is 10.5. The van der Waals surface area contributed by atoms with Gasteiger partial charge in [-0.05, 0) is 22.0 Å². The van der Waals surface area contributed by atoms with Gasteiger partial charge in [-0.1, -0.05) is 0 Å². The molecule has 0 aromatic carbocycles. The smallest absolute Gasteiger partial charge is 0.345 e. The van der Waals surface area contributed by atoms with E-state index in [0.717, 1.165) is 4.47 Å². The van der Waals surface area contributed by atoms with Crippen LogP contribution in [0.3, 0.4) is 0 Å². The second-order valence-corrected chi connectivity index (χ2v) is 3.26. The average Bonchev–Trinajstić information content (AvgIpc) is 2.14. The number of hydrogen-bond acceptors (Lipinski definition) is 2. The van der Waals surface area contributed by atoms with Gasteiger partial charge in [-0.25, -0.2) is 4.79 Å². The molecule has 5 heteroatoms. The van der Waals surface area contributed by atoms with Crippen molar-refractivity contribution in [2.75, 3.05) is 0 Å². The van der Waals surface area contributed by atoms with Crippen LogP contribution in [-0.4, -0.2) is 11.1 Å². The topological polar surface area (TPSA) is 37.3 Å². The van der Waals surface area contributed by atoms with Gasteiger partial charge in [-0.3, -0.25) is 0 Å². The minimum atomic E-state index is -0.870. The van der Waals surface area contributed by atoms with Gasteiger partial charge in [0.25, 0.3) is 0 Å². The van der Waals surface area contributed by atoms with Crippen molar-refractivity contribution < 1.29 is 9.90 Å². The molecule has 1 heterocycles. The van der Waals surface area contributed by atoms with E-state index in [4.69, 9.17) is 5.11 Å². The molecule has 1 N–H and O–H groups in total. The summed E-state index contributed by atoms with van der Waals surface area (Å²) in [6.45, 7) is 0. The van der Waals surface area contributed by atoms with Crippen LogP contribution in [0.4, 0.5) is 0 Å². The SMILES string of the molecule is Cl.O=C(O)c1cc(Br)cs1. The Balaban J connectivity index is 0.000000810. The molecule has 1 aromatic heterocycles. The van der Waals surface area contributed by atoms with Crippen LogP contribution in [0.25, 0.3) is 0 Å². The molecule has 56 valence electrons. The zero-order valence-electron chi connectivity index (χ0n) is 4.70. The fourth-order valence-corrected chi connectivity index (χ4v) is 1.69. The first-order chi connectivity index (χ1) is 4.20. The zero-order chi connectivity index (χ0) is 6.85. The Morgan fingerprint density at radius 2 is 2.30 bits per heavy atom. The Labute approximate surface area is 76.4 Å². The van der Waals surface area contributed by atoms with Crippen LogP contribution in [0.1, 0.15) is 9.67 Å². The van der Waals surface area contributed by atoms with E-state index in [-0.39, 0.29) is 12.4 Å². The number of rotatable bonds is 1. The highest BCUT2D eigenvalue weighted by Gasteiger charge is 2.03. The first-order valence-corrected chi connectivity index (χ1v) is 3.85. The summed E-state index contributed by atoms with van der Waals surface area (Å²) in [4.78, 5) is 10.6. The van der Waals surface area contributed by atoms with Crippen molar-refractivity contribution >= 4 is 45.6 Å². The van der Waals surface area contributed by atoms with E-state index < -0.39 is 5.97 Å². The molecule has 0 aliphatic heterocycles. The summed E-state index contributed by atoms with van der Waals surface area (Å²) in [6.07, 6.45) is 0. The van der Waals surface area contributed by atoms with Crippen molar-refractivity contribution in [1.82, 2.24) is 0 Å². The second-order valence-electron chi connectivity index (χ2n) is 1.43. The highest BCUT2D eigenvalue weighted by atomic mass is 79.9. The molecule has 2 nitrogen and oxygen atoms in total. The minimum absolute atomic E-state index is 0. The van der Waals surface area contributed by atoms with Crippen LogP contribution in [-0.2, 0) is 0 Å². The minimum Gasteiger partial charge on any atom is -0.477 e. The van der Waals surface area contributed by atoms with E-state index in [1.807, 2.05) is 0 Å². The molecule has 0 saturated heterocycles. The molecule has 0 aliphatic rings. The summed E-state index contributed by atoms with van der Waals surface area (Å²) in [5.74, 6) is -0.870. The molecule has 0 amide bonds. The number of thiophene rings is 1. The average molecular weight is 244 g/mol. The molecule has 0 saturated carbocycles. The third kappa shape index (κ3) is 2.28. The quantitative estimate of drug-likeness (QED) is 0.823. The van der Waals surface area contributed by atoms with Crippen LogP contribution in [0.5, 0.6) is 0 Å². The molecule has 0 atom stereocenters. The van der Waals surface area contributed by atoms with Crippen molar-refractivity contribution in [3.05, 3.63) is 20.8 Å². The Kier molecular flexibility index (Phi) is 3.93. The number of hydrogen-bond donors (Lipinski definition) is 1. The summed E-state index contributed by atoms with van der Waals surface area (Å²) in [7, 11) is 0. The van der Waals surface area contributed by atoms with Gasteiger partial charge in [0.1, 0.15) is 4.88 Å². The van der Waals surface area contributed by atoms with E-state index in [9.17, 15) is 4.79 Å². The predicted molar refractivity (Wildman–Crippen MR) is 46.2 cm³/mol. The van der Waals surface area contributed by atoms with Crippen LogP contribution in [0, 0.1) is 0 Å². The Hall–Kier alpha value is -0.0600. The molecule has 0 fully saturated rings. The fourth-order valence-electron chi connectivity index (χ4n) is 0.425. The van der Waals surface area contributed by atoms with Crippen LogP contribution in [0.2, 0.25) is 0 Å². The molecule has 0 aliphatic carbocycles. The third-order valence-corrected chi connectivity index (χ3v) is 2.46. The van der Waals surface area contributed by atoms with Crippen molar-refractivity contribution in [3.63, 3.8) is 0 Å². The van der Waals surface area contributed by atoms with Gasteiger partial charge < -0.3 is 5.11 Å². The van der Waals surface area contributed by atoms with Gasteiger partial charge in [-0.2, -0.15) is 0 Å². The van der Waals surface area contributed by atoms with E-state index in [1.54, 1.807) is 11.4 Å². The molecule has 0 radical (unpaired) electrons. The van der Waals surface area contributed by atoms with E-state index in [0.29, 0.717) is 4.88 Å². The summed E-state index contributed by atoms with van der Waals surface area (Å²) >= 11 is 4.36. The molecular weight excluding hydrogens is 239 g/mol. The highest BCUT2D eigenvalue weighted by molar-refractivity contribution is 9.10. The van der Waals surface area contributed by atoms with E-state index in [2.05, 4.69) is 15.9 Å². The van der Waals surface area contributed by atoms with Gasteiger partial charge >= 0.3 is 5.97 Å². The van der Waals surface area contributed by atoms with Crippen LogP contribution >= 0.6 is 39.7 Å². The van der Waals surface area contributed by atoms with Crippen molar-refractivity contribution in [3.8, 4) is 0 Å². The molecular formula is C5H4BrClO2S. The first-order valence-electron chi connectivity index (χ1n) is 2.17. The van der Waals surface area contributed by atoms with Crippen molar-refractivity contribution in [1.29, 1.82) is 0 Å². The summed E-state index contributed by atoms with van der Waals surface area (Å²) in [5.41, 5.74) is 0. The highest BCUT2D eigenvalue weighted by Crippen LogP contribution is 2.19. The number of carboxylic acids is 1. The maximum atomic E-state index is 10.2. The fraction of sp³-hybridized carbons (Fsp3) is 0. The van der Waals surface area contributed by atoms with Gasteiger partial charge in [0.05, 0.1) is 0 Å². The number of halogens is 2. The molecule has 0 bridgehead atoms. The second kappa shape index (κ2) is 3.95. The van der Waals surface area contributed by atoms with E-state index >= 15 is 0 Å². The molecule has 0 spiro atoms. The van der Waals surface area contributed by atoms with Gasteiger partial charge in [0, 0.05) is 9.85 Å². The monoisotopic (exact) mass is 242 g/mol. The lowest BCUT2D eigenvalue weighted by Gasteiger charge is -1.79. The van der Waals surface area contributed by atoms with Crippen molar-refractivity contribution in [2.45, 2.75) is 0 Å². The Morgan fingerprint density at radius 3 is 2.50 bits per heavy atom. The summed E-state index contributed by atoms with van der Waals surface area (Å²) < 4.78 is 0.824. The lowest BCUT2D eigenvalue weighted by molar-refractivity contribution is 0.0702. The molecule has 10 heavy (non-hydrogen) atoms. The maximum absolute atomic E-state index is 10.2. The standard InChI is InChI=1S/C5H3BrO2S.ClH/c6-3-1-4(5(7)8)9-2-3;/h1-2H,(H,7,8);1H. The first kappa shape index (κ1) is 9.94. The normalized spacial score (nSPS) is 8.50. The molecule has 1 aromatic rings. The maximum Gasteiger partial charge on any atom is 0.345 e. The molecule has 1 rings (SSSR count). The molecule has 0 unspecified atom stereocenters. The largest absolute Gasteiger partial charge is 0.477 e. The lowest BCUT2D eigenvalue weighted by Crippen LogP contribution is -1.89. The van der Waals surface area contributed by atoms with Crippen molar-refractivity contribution in [2.24, 2.45) is 0 Å². The van der Waals surface area contributed by atoms with Gasteiger partial charge in [0.15, 0.2) is 0 Å². The van der Waals surface area contributed by atoms with Gasteiger partial charge in [0.2, 0.25) is 0 Å². The Bertz CT molecular complexity index is 235. The van der Waals surface area contributed by atoms with Crippen LogP contribution in [0.15, 0.2) is 15.9 Å².